The zero-order valence-corrected chi connectivity index (χ0v) is 15.5. The van der Waals surface area contributed by atoms with Crippen LogP contribution in [0.2, 0.25) is 0 Å². The summed E-state index contributed by atoms with van der Waals surface area (Å²) in [6.07, 6.45) is 0.0225. The first-order chi connectivity index (χ1) is 14.2. The number of nitriles is 1. The SMILES string of the molecule is COC(=O)c1cc2ccc3c(c2c(-c2ccc4c(c2)OCO4)c1CC#N)OCO3. The Bertz CT molecular complexity index is 1210. The van der Waals surface area contributed by atoms with Crippen LogP contribution in [0.5, 0.6) is 23.0 Å². The van der Waals surface area contributed by atoms with E-state index in [1.807, 2.05) is 24.3 Å². The average Bonchev–Trinajstić information content (AvgIpc) is 3.41. The van der Waals surface area contributed by atoms with E-state index in [4.69, 9.17) is 23.7 Å². The van der Waals surface area contributed by atoms with Gasteiger partial charge in [0, 0.05) is 5.39 Å². The Hall–Kier alpha value is -3.92. The second-order valence-electron chi connectivity index (χ2n) is 6.57. The van der Waals surface area contributed by atoms with Gasteiger partial charge >= 0.3 is 5.97 Å². The minimum atomic E-state index is -0.503. The molecule has 0 N–H and O–H groups in total. The van der Waals surface area contributed by atoms with E-state index in [1.165, 1.54) is 7.11 Å². The molecule has 0 fully saturated rings. The topological polar surface area (TPSA) is 87.0 Å². The van der Waals surface area contributed by atoms with E-state index in [0.717, 1.165) is 16.3 Å². The molecule has 0 atom stereocenters. The lowest BCUT2D eigenvalue weighted by Gasteiger charge is -2.17. The van der Waals surface area contributed by atoms with Crippen molar-refractivity contribution in [3.63, 3.8) is 0 Å². The summed E-state index contributed by atoms with van der Waals surface area (Å²) in [5, 5.41) is 11.0. The summed E-state index contributed by atoms with van der Waals surface area (Å²) in [4.78, 5) is 12.5. The summed E-state index contributed by atoms with van der Waals surface area (Å²) >= 11 is 0. The van der Waals surface area contributed by atoms with Crippen LogP contribution >= 0.6 is 0 Å². The van der Waals surface area contributed by atoms with Gasteiger partial charge in [0.05, 0.1) is 25.2 Å². The van der Waals surface area contributed by atoms with Gasteiger partial charge in [-0.3, -0.25) is 0 Å². The van der Waals surface area contributed by atoms with Crippen LogP contribution in [-0.2, 0) is 11.2 Å². The predicted molar refractivity (Wildman–Crippen MR) is 102 cm³/mol. The van der Waals surface area contributed by atoms with Crippen molar-refractivity contribution in [2.45, 2.75) is 6.42 Å². The number of benzene rings is 3. The number of carbonyl (C=O) groups is 1. The number of carbonyl (C=O) groups excluding carboxylic acids is 1. The molecule has 2 aliphatic heterocycles. The number of esters is 1. The number of methoxy groups -OCH3 is 1. The van der Waals surface area contributed by atoms with Crippen LogP contribution < -0.4 is 18.9 Å². The van der Waals surface area contributed by atoms with Crippen molar-refractivity contribution in [3.8, 4) is 40.2 Å². The Labute approximate surface area is 165 Å². The zero-order valence-electron chi connectivity index (χ0n) is 15.5. The molecule has 2 aliphatic rings. The van der Waals surface area contributed by atoms with Gasteiger partial charge in [-0.1, -0.05) is 12.1 Å². The fraction of sp³-hybridized carbons (Fsp3) is 0.182. The Morgan fingerprint density at radius 1 is 1.03 bits per heavy atom. The fourth-order valence-electron chi connectivity index (χ4n) is 3.82. The van der Waals surface area contributed by atoms with E-state index in [9.17, 15) is 10.1 Å². The lowest BCUT2D eigenvalue weighted by atomic mass is 9.87. The van der Waals surface area contributed by atoms with E-state index in [0.29, 0.717) is 39.7 Å². The maximum atomic E-state index is 12.5. The quantitative estimate of drug-likeness (QED) is 0.630. The van der Waals surface area contributed by atoms with Gasteiger partial charge in [0.15, 0.2) is 23.0 Å². The molecular weight excluding hydrogens is 374 g/mol. The Morgan fingerprint density at radius 2 is 1.79 bits per heavy atom. The van der Waals surface area contributed by atoms with Crippen molar-refractivity contribution in [1.29, 1.82) is 5.26 Å². The van der Waals surface area contributed by atoms with Crippen molar-refractivity contribution in [3.05, 3.63) is 47.5 Å². The molecule has 0 amide bonds. The van der Waals surface area contributed by atoms with Crippen LogP contribution in [0.1, 0.15) is 15.9 Å². The van der Waals surface area contributed by atoms with Crippen LogP contribution in [0.15, 0.2) is 36.4 Å². The molecule has 5 rings (SSSR count). The smallest absolute Gasteiger partial charge is 0.338 e. The first-order valence-electron chi connectivity index (χ1n) is 8.94. The molecule has 7 nitrogen and oxygen atoms in total. The third kappa shape index (κ3) is 2.61. The second kappa shape index (κ2) is 6.60. The third-order valence-corrected chi connectivity index (χ3v) is 5.07. The molecule has 0 radical (unpaired) electrons. The molecule has 144 valence electrons. The van der Waals surface area contributed by atoms with E-state index >= 15 is 0 Å². The van der Waals surface area contributed by atoms with Gasteiger partial charge in [0.1, 0.15) is 0 Å². The third-order valence-electron chi connectivity index (χ3n) is 5.07. The average molecular weight is 389 g/mol. The number of ether oxygens (including phenoxy) is 5. The highest BCUT2D eigenvalue weighted by atomic mass is 16.7. The maximum absolute atomic E-state index is 12.5. The van der Waals surface area contributed by atoms with Crippen molar-refractivity contribution < 1.29 is 28.5 Å². The Balaban J connectivity index is 1.90. The molecule has 3 aromatic rings. The number of fused-ring (bicyclic) bond motifs is 4. The monoisotopic (exact) mass is 389 g/mol. The van der Waals surface area contributed by atoms with Crippen molar-refractivity contribution >= 4 is 16.7 Å². The molecule has 0 aromatic heterocycles. The van der Waals surface area contributed by atoms with E-state index in [-0.39, 0.29) is 20.0 Å². The molecule has 3 aromatic carbocycles. The van der Waals surface area contributed by atoms with Gasteiger partial charge in [0.2, 0.25) is 13.6 Å². The van der Waals surface area contributed by atoms with Gasteiger partial charge in [-0.15, -0.1) is 0 Å². The van der Waals surface area contributed by atoms with E-state index in [2.05, 4.69) is 6.07 Å². The molecule has 0 bridgehead atoms. The summed E-state index contributed by atoms with van der Waals surface area (Å²) in [7, 11) is 1.32. The van der Waals surface area contributed by atoms with Crippen LogP contribution in [0.25, 0.3) is 21.9 Å². The molecule has 0 spiro atoms. The van der Waals surface area contributed by atoms with E-state index in [1.54, 1.807) is 12.1 Å². The van der Waals surface area contributed by atoms with Gasteiger partial charge in [-0.2, -0.15) is 5.26 Å². The minimum Gasteiger partial charge on any atom is -0.465 e. The molecule has 0 saturated heterocycles. The summed E-state index contributed by atoms with van der Waals surface area (Å²) in [5.74, 6) is 1.95. The van der Waals surface area contributed by atoms with E-state index < -0.39 is 5.97 Å². The standard InChI is InChI=1S/C22H15NO6/c1-25-22(24)15-8-12-3-5-17-21(29-11-27-17)20(12)19(14(15)6-7-23)13-2-4-16-18(9-13)28-10-26-16/h2-5,8-9H,6,10-11H2,1H3. The fourth-order valence-corrected chi connectivity index (χ4v) is 3.82. The predicted octanol–water partition coefficient (Wildman–Crippen LogP) is 3.82. The largest absolute Gasteiger partial charge is 0.465 e. The van der Waals surface area contributed by atoms with Crippen LogP contribution in [0.4, 0.5) is 0 Å². The lowest BCUT2D eigenvalue weighted by molar-refractivity contribution is 0.0600. The van der Waals surface area contributed by atoms with Crippen molar-refractivity contribution in [1.82, 2.24) is 0 Å². The highest BCUT2D eigenvalue weighted by Gasteiger charge is 2.27. The maximum Gasteiger partial charge on any atom is 0.338 e. The molecule has 0 aliphatic carbocycles. The Morgan fingerprint density at radius 3 is 2.62 bits per heavy atom. The van der Waals surface area contributed by atoms with Gasteiger partial charge in [-0.25, -0.2) is 4.79 Å². The molecule has 0 unspecified atom stereocenters. The summed E-state index contributed by atoms with van der Waals surface area (Å²) < 4.78 is 27.2. The first-order valence-corrected chi connectivity index (χ1v) is 8.94. The highest BCUT2D eigenvalue weighted by molar-refractivity contribution is 6.09. The summed E-state index contributed by atoms with van der Waals surface area (Å²) in [5.41, 5.74) is 2.40. The molecule has 7 heteroatoms. The number of rotatable bonds is 3. The number of hydrogen-bond donors (Lipinski definition) is 0. The summed E-state index contributed by atoms with van der Waals surface area (Å²) in [6.45, 7) is 0.264. The number of nitrogens with zero attached hydrogens (tertiary/aromatic N) is 1. The molecule has 29 heavy (non-hydrogen) atoms. The Kier molecular flexibility index (Phi) is 3.91. The zero-order chi connectivity index (χ0) is 20.0. The minimum absolute atomic E-state index is 0.0225. The molecule has 2 heterocycles. The number of hydrogen-bond acceptors (Lipinski definition) is 7. The van der Waals surface area contributed by atoms with Gasteiger partial charge in [0.25, 0.3) is 0 Å². The normalized spacial score (nSPS) is 13.4. The van der Waals surface area contributed by atoms with Gasteiger partial charge < -0.3 is 23.7 Å². The lowest BCUT2D eigenvalue weighted by Crippen LogP contribution is -2.08. The highest BCUT2D eigenvalue weighted by Crippen LogP contribution is 2.47. The van der Waals surface area contributed by atoms with Crippen molar-refractivity contribution in [2.24, 2.45) is 0 Å². The first kappa shape index (κ1) is 17.2. The second-order valence-corrected chi connectivity index (χ2v) is 6.57. The molecular formula is C22H15NO6. The van der Waals surface area contributed by atoms with Crippen LogP contribution in [-0.4, -0.2) is 26.7 Å². The van der Waals surface area contributed by atoms with Crippen LogP contribution in [0, 0.1) is 11.3 Å². The van der Waals surface area contributed by atoms with Crippen LogP contribution in [0.3, 0.4) is 0 Å². The molecule has 0 saturated carbocycles. The van der Waals surface area contributed by atoms with Gasteiger partial charge in [-0.05, 0) is 46.3 Å². The summed E-state index contributed by atoms with van der Waals surface area (Å²) in [6, 6.07) is 13.1. The van der Waals surface area contributed by atoms with Crippen molar-refractivity contribution in [2.75, 3.05) is 20.7 Å².